The lowest BCUT2D eigenvalue weighted by Crippen LogP contribution is -2.11. The molecule has 0 atom stereocenters. The van der Waals surface area contributed by atoms with Gasteiger partial charge in [0.25, 0.3) is 5.91 Å². The number of carbonyl (C=O) groups is 2. The minimum atomic E-state index is -0.452. The molecule has 31 heavy (non-hydrogen) atoms. The molecule has 1 aromatic heterocycles. The second-order valence-electron chi connectivity index (χ2n) is 6.68. The molecule has 0 unspecified atom stereocenters. The van der Waals surface area contributed by atoms with E-state index in [-0.39, 0.29) is 12.5 Å². The van der Waals surface area contributed by atoms with Gasteiger partial charge in [-0.2, -0.15) is 0 Å². The Hall–Kier alpha value is -3.77. The molecule has 1 N–H and O–H groups in total. The third-order valence-corrected chi connectivity index (χ3v) is 5.56. The zero-order valence-corrected chi connectivity index (χ0v) is 17.7. The van der Waals surface area contributed by atoms with Crippen molar-refractivity contribution in [3.05, 3.63) is 95.4 Å². The van der Waals surface area contributed by atoms with Crippen molar-refractivity contribution in [2.75, 3.05) is 11.9 Å². The Morgan fingerprint density at radius 2 is 1.42 bits per heavy atom. The van der Waals surface area contributed by atoms with Gasteiger partial charge in [-0.1, -0.05) is 84.1 Å². The molecule has 0 aliphatic rings. The number of aromatic nitrogens is 1. The van der Waals surface area contributed by atoms with Crippen molar-refractivity contribution in [2.45, 2.75) is 6.92 Å². The summed E-state index contributed by atoms with van der Waals surface area (Å²) in [5.74, 6) is -0.741. The van der Waals surface area contributed by atoms with Crippen molar-refractivity contribution >= 4 is 28.3 Å². The molecule has 5 nitrogen and oxygen atoms in total. The molecule has 0 aliphatic carbocycles. The van der Waals surface area contributed by atoms with Crippen LogP contribution in [0.1, 0.15) is 27.0 Å². The molecular weight excluding hydrogens is 408 g/mol. The van der Waals surface area contributed by atoms with E-state index in [0.29, 0.717) is 21.3 Å². The van der Waals surface area contributed by atoms with Gasteiger partial charge in [-0.05, 0) is 30.2 Å². The summed E-state index contributed by atoms with van der Waals surface area (Å²) < 4.78 is 5.17. The van der Waals surface area contributed by atoms with Gasteiger partial charge in [0.15, 0.2) is 5.13 Å². The average molecular weight is 429 g/mol. The molecule has 6 heteroatoms. The Balaban J connectivity index is 1.57. The molecule has 0 radical (unpaired) electrons. The molecule has 0 fully saturated rings. The number of rotatable bonds is 6. The SMILES string of the molecule is CCOC(=O)c1sc(NC(=O)c2ccc(-c3ccccc3)cc2)nc1-c1ccccc1. The summed E-state index contributed by atoms with van der Waals surface area (Å²) in [6.45, 7) is 2.02. The van der Waals surface area contributed by atoms with Gasteiger partial charge in [-0.15, -0.1) is 0 Å². The number of hydrogen-bond acceptors (Lipinski definition) is 5. The number of nitrogens with zero attached hydrogens (tertiary/aromatic N) is 1. The fourth-order valence-corrected chi connectivity index (χ4v) is 3.99. The number of amides is 1. The Labute approximate surface area is 184 Å². The number of benzene rings is 3. The summed E-state index contributed by atoms with van der Waals surface area (Å²) in [5.41, 5.74) is 3.91. The quantitative estimate of drug-likeness (QED) is 0.388. The van der Waals surface area contributed by atoms with Crippen LogP contribution in [0.5, 0.6) is 0 Å². The van der Waals surface area contributed by atoms with Crippen molar-refractivity contribution in [2.24, 2.45) is 0 Å². The van der Waals surface area contributed by atoms with Gasteiger partial charge in [0, 0.05) is 11.1 Å². The lowest BCUT2D eigenvalue weighted by atomic mass is 10.0. The van der Waals surface area contributed by atoms with Crippen LogP contribution in [0.4, 0.5) is 5.13 Å². The molecule has 1 heterocycles. The molecule has 4 rings (SSSR count). The number of hydrogen-bond donors (Lipinski definition) is 1. The average Bonchev–Trinajstić information content (AvgIpc) is 3.24. The number of carbonyl (C=O) groups excluding carboxylic acids is 2. The van der Waals surface area contributed by atoms with E-state index in [9.17, 15) is 9.59 Å². The molecule has 0 saturated carbocycles. The Kier molecular flexibility index (Phi) is 6.19. The first-order chi connectivity index (χ1) is 15.2. The van der Waals surface area contributed by atoms with Gasteiger partial charge >= 0.3 is 5.97 Å². The zero-order chi connectivity index (χ0) is 21.6. The molecule has 0 aliphatic heterocycles. The Morgan fingerprint density at radius 1 is 0.839 bits per heavy atom. The van der Waals surface area contributed by atoms with Gasteiger partial charge in [0.05, 0.1) is 12.3 Å². The predicted molar refractivity (Wildman–Crippen MR) is 123 cm³/mol. The van der Waals surface area contributed by atoms with Gasteiger partial charge in [-0.3, -0.25) is 10.1 Å². The largest absolute Gasteiger partial charge is 0.462 e. The monoisotopic (exact) mass is 428 g/mol. The summed E-state index contributed by atoms with van der Waals surface area (Å²) in [5, 5.41) is 3.15. The second kappa shape index (κ2) is 9.36. The molecule has 1 amide bonds. The number of thiazole rings is 1. The van der Waals surface area contributed by atoms with Crippen LogP contribution in [0.3, 0.4) is 0 Å². The predicted octanol–water partition coefficient (Wildman–Crippen LogP) is 5.91. The molecule has 3 aromatic carbocycles. The zero-order valence-electron chi connectivity index (χ0n) is 16.9. The van der Waals surface area contributed by atoms with Crippen molar-refractivity contribution < 1.29 is 14.3 Å². The maximum absolute atomic E-state index is 12.8. The van der Waals surface area contributed by atoms with Crippen molar-refractivity contribution in [1.82, 2.24) is 4.98 Å². The Bertz CT molecular complexity index is 1190. The summed E-state index contributed by atoms with van der Waals surface area (Å²) in [7, 11) is 0. The van der Waals surface area contributed by atoms with E-state index in [0.717, 1.165) is 28.0 Å². The summed E-state index contributed by atoms with van der Waals surface area (Å²) in [6, 6.07) is 26.7. The number of anilines is 1. The third kappa shape index (κ3) is 4.70. The van der Waals surface area contributed by atoms with Crippen LogP contribution in [0.25, 0.3) is 22.4 Å². The van der Waals surface area contributed by atoms with E-state index in [1.807, 2.05) is 72.8 Å². The van der Waals surface area contributed by atoms with Crippen molar-refractivity contribution in [3.63, 3.8) is 0 Å². The number of nitrogens with one attached hydrogen (secondary N) is 1. The molecular formula is C25H20N2O3S. The van der Waals surface area contributed by atoms with Gasteiger partial charge in [0.2, 0.25) is 0 Å². The first kappa shape index (κ1) is 20.5. The maximum atomic E-state index is 12.8. The van der Waals surface area contributed by atoms with Gasteiger partial charge in [-0.25, -0.2) is 9.78 Å². The summed E-state index contributed by atoms with van der Waals surface area (Å²) in [4.78, 5) is 30.0. The minimum Gasteiger partial charge on any atom is -0.462 e. The fraction of sp³-hybridized carbons (Fsp3) is 0.0800. The third-order valence-electron chi connectivity index (χ3n) is 4.61. The highest BCUT2D eigenvalue weighted by Crippen LogP contribution is 2.32. The molecule has 4 aromatic rings. The van der Waals surface area contributed by atoms with Crippen LogP contribution in [0.2, 0.25) is 0 Å². The van der Waals surface area contributed by atoms with Crippen LogP contribution >= 0.6 is 11.3 Å². The molecule has 0 saturated heterocycles. The van der Waals surface area contributed by atoms with E-state index < -0.39 is 5.97 Å². The van der Waals surface area contributed by atoms with Gasteiger partial charge in [0.1, 0.15) is 4.88 Å². The fourth-order valence-electron chi connectivity index (χ4n) is 3.11. The van der Waals surface area contributed by atoms with Crippen molar-refractivity contribution in [3.8, 4) is 22.4 Å². The highest BCUT2D eigenvalue weighted by Gasteiger charge is 2.21. The second-order valence-corrected chi connectivity index (χ2v) is 7.68. The van der Waals surface area contributed by atoms with Crippen molar-refractivity contribution in [1.29, 1.82) is 0 Å². The Morgan fingerprint density at radius 3 is 2.03 bits per heavy atom. The van der Waals surface area contributed by atoms with Crippen LogP contribution in [0.15, 0.2) is 84.9 Å². The first-order valence-corrected chi connectivity index (χ1v) is 10.7. The summed E-state index contributed by atoms with van der Waals surface area (Å²) >= 11 is 1.11. The normalized spacial score (nSPS) is 10.5. The maximum Gasteiger partial charge on any atom is 0.350 e. The minimum absolute atomic E-state index is 0.264. The number of ether oxygens (including phenoxy) is 1. The van der Waals surface area contributed by atoms with Crippen LogP contribution in [-0.4, -0.2) is 23.5 Å². The van der Waals surface area contributed by atoms with E-state index in [1.165, 1.54) is 0 Å². The highest BCUT2D eigenvalue weighted by molar-refractivity contribution is 7.18. The summed E-state index contributed by atoms with van der Waals surface area (Å²) in [6.07, 6.45) is 0. The van der Waals surface area contributed by atoms with E-state index in [4.69, 9.17) is 4.74 Å². The lowest BCUT2D eigenvalue weighted by Gasteiger charge is -2.04. The molecule has 0 spiro atoms. The van der Waals surface area contributed by atoms with E-state index in [1.54, 1.807) is 19.1 Å². The van der Waals surface area contributed by atoms with Crippen LogP contribution in [0, 0.1) is 0 Å². The first-order valence-electron chi connectivity index (χ1n) is 9.86. The van der Waals surface area contributed by atoms with Gasteiger partial charge < -0.3 is 4.74 Å². The topological polar surface area (TPSA) is 68.3 Å². The van der Waals surface area contributed by atoms with Crippen LogP contribution in [-0.2, 0) is 4.74 Å². The highest BCUT2D eigenvalue weighted by atomic mass is 32.1. The lowest BCUT2D eigenvalue weighted by molar-refractivity contribution is 0.0532. The van der Waals surface area contributed by atoms with E-state index in [2.05, 4.69) is 10.3 Å². The standard InChI is InChI=1S/C25H20N2O3S/c1-2-30-24(29)22-21(19-11-7-4-8-12-19)26-25(31-22)27-23(28)20-15-13-18(14-16-20)17-9-5-3-6-10-17/h3-16H,2H2,1H3,(H,26,27,28). The molecule has 0 bridgehead atoms. The smallest absolute Gasteiger partial charge is 0.350 e. The molecule has 154 valence electrons. The van der Waals surface area contributed by atoms with Crippen LogP contribution < -0.4 is 5.32 Å². The number of esters is 1. The van der Waals surface area contributed by atoms with E-state index >= 15 is 0 Å².